The second-order valence-corrected chi connectivity index (χ2v) is 7.48. The van der Waals surface area contributed by atoms with Crippen molar-refractivity contribution in [2.75, 3.05) is 53.0 Å². The van der Waals surface area contributed by atoms with Gasteiger partial charge in [0.2, 0.25) is 5.91 Å². The molecular formula is C22H32N2O3. The summed E-state index contributed by atoms with van der Waals surface area (Å²) in [7, 11) is 1.69. The van der Waals surface area contributed by atoms with Gasteiger partial charge in [-0.15, -0.1) is 0 Å². The quantitative estimate of drug-likeness (QED) is 0.738. The van der Waals surface area contributed by atoms with Gasteiger partial charge in [0, 0.05) is 32.6 Å². The summed E-state index contributed by atoms with van der Waals surface area (Å²) in [5.41, 5.74) is 1.19. The molecule has 1 amide bonds. The summed E-state index contributed by atoms with van der Waals surface area (Å²) in [5.74, 6) is 1.82. The molecule has 1 aromatic carbocycles. The van der Waals surface area contributed by atoms with E-state index in [1.165, 1.54) is 18.4 Å². The van der Waals surface area contributed by atoms with Crippen molar-refractivity contribution in [2.45, 2.75) is 25.7 Å². The van der Waals surface area contributed by atoms with Crippen LogP contribution >= 0.6 is 0 Å². The summed E-state index contributed by atoms with van der Waals surface area (Å²) in [6.45, 7) is 6.11. The Kier molecular flexibility index (Phi) is 7.72. The average molecular weight is 373 g/mol. The molecule has 0 N–H and O–H groups in total. The van der Waals surface area contributed by atoms with Gasteiger partial charge in [-0.25, -0.2) is 0 Å². The number of likely N-dealkylation sites (tertiary alicyclic amines) is 1. The maximum absolute atomic E-state index is 12.3. The topological polar surface area (TPSA) is 42.0 Å². The zero-order chi connectivity index (χ0) is 18.9. The number of carbonyl (C=O) groups excluding carboxylic acids is 1. The largest absolute Gasteiger partial charge is 0.497 e. The lowest BCUT2D eigenvalue weighted by Gasteiger charge is -2.32. The normalized spacial score (nSPS) is 21.5. The highest BCUT2D eigenvalue weighted by Gasteiger charge is 2.22. The predicted molar refractivity (Wildman–Crippen MR) is 108 cm³/mol. The third-order valence-corrected chi connectivity index (χ3v) is 5.52. The fraction of sp³-hybridized carbons (Fsp3) is 0.591. The van der Waals surface area contributed by atoms with Crippen molar-refractivity contribution in [3.8, 4) is 5.75 Å². The zero-order valence-electron chi connectivity index (χ0n) is 16.4. The molecule has 0 bridgehead atoms. The van der Waals surface area contributed by atoms with Gasteiger partial charge in [-0.1, -0.05) is 24.3 Å². The van der Waals surface area contributed by atoms with Crippen LogP contribution in [0, 0.1) is 5.92 Å². The van der Waals surface area contributed by atoms with Crippen LogP contribution in [0.15, 0.2) is 30.3 Å². The number of amides is 1. The van der Waals surface area contributed by atoms with E-state index in [0.717, 1.165) is 44.9 Å². The molecule has 0 radical (unpaired) electrons. The average Bonchev–Trinajstić information content (AvgIpc) is 2.73. The molecule has 2 aliphatic heterocycles. The van der Waals surface area contributed by atoms with Crippen LogP contribution in [0.1, 0.15) is 31.2 Å². The van der Waals surface area contributed by atoms with Gasteiger partial charge in [-0.3, -0.25) is 9.69 Å². The number of hydrogen-bond acceptors (Lipinski definition) is 4. The Labute approximate surface area is 162 Å². The van der Waals surface area contributed by atoms with E-state index in [1.807, 2.05) is 17.0 Å². The minimum Gasteiger partial charge on any atom is -0.497 e. The predicted octanol–water partition coefficient (Wildman–Crippen LogP) is 3.06. The summed E-state index contributed by atoms with van der Waals surface area (Å²) in [6, 6.07) is 8.13. The van der Waals surface area contributed by atoms with Crippen LogP contribution in [0.2, 0.25) is 0 Å². The minimum absolute atomic E-state index is 0.301. The zero-order valence-corrected chi connectivity index (χ0v) is 16.4. The van der Waals surface area contributed by atoms with Crippen LogP contribution in [0.25, 0.3) is 6.08 Å². The summed E-state index contributed by atoms with van der Waals surface area (Å²) in [5, 5.41) is 0. The maximum atomic E-state index is 12.3. The van der Waals surface area contributed by atoms with Crippen molar-refractivity contribution in [1.82, 2.24) is 9.80 Å². The number of benzene rings is 1. The van der Waals surface area contributed by atoms with Crippen LogP contribution < -0.4 is 4.74 Å². The van der Waals surface area contributed by atoms with Crippen molar-refractivity contribution in [3.05, 3.63) is 35.9 Å². The van der Waals surface area contributed by atoms with E-state index in [0.29, 0.717) is 31.5 Å². The summed E-state index contributed by atoms with van der Waals surface area (Å²) >= 11 is 0. The van der Waals surface area contributed by atoms with Crippen molar-refractivity contribution in [2.24, 2.45) is 5.92 Å². The molecule has 2 fully saturated rings. The van der Waals surface area contributed by atoms with Crippen LogP contribution in [0.3, 0.4) is 0 Å². The number of methoxy groups -OCH3 is 1. The van der Waals surface area contributed by atoms with Gasteiger partial charge in [-0.05, 0) is 49.4 Å². The van der Waals surface area contributed by atoms with E-state index in [4.69, 9.17) is 9.47 Å². The Bertz CT molecular complexity index is 608. The fourth-order valence-corrected chi connectivity index (χ4v) is 3.90. The maximum Gasteiger partial charge on any atom is 0.222 e. The molecule has 2 heterocycles. The molecule has 0 saturated carbocycles. The molecule has 0 spiro atoms. The summed E-state index contributed by atoms with van der Waals surface area (Å²) < 4.78 is 10.5. The van der Waals surface area contributed by atoms with Crippen LogP contribution in [-0.2, 0) is 9.53 Å². The lowest BCUT2D eigenvalue weighted by atomic mass is 9.93. The Hall–Kier alpha value is -1.85. The highest BCUT2D eigenvalue weighted by molar-refractivity contribution is 5.76. The first kappa shape index (κ1) is 19.9. The third kappa shape index (κ3) is 6.36. The number of nitrogens with zero attached hydrogens (tertiary/aromatic N) is 2. The van der Waals surface area contributed by atoms with Gasteiger partial charge in [0.15, 0.2) is 0 Å². The molecular weight excluding hydrogens is 340 g/mol. The van der Waals surface area contributed by atoms with Gasteiger partial charge in [0.1, 0.15) is 5.75 Å². The Morgan fingerprint density at radius 2 is 2.00 bits per heavy atom. The van der Waals surface area contributed by atoms with Crippen molar-refractivity contribution in [1.29, 1.82) is 0 Å². The number of carbonyl (C=O) groups is 1. The first-order valence-corrected chi connectivity index (χ1v) is 10.1. The molecule has 1 unspecified atom stereocenters. The molecule has 2 aliphatic rings. The number of morpholine rings is 1. The van der Waals surface area contributed by atoms with E-state index >= 15 is 0 Å². The summed E-state index contributed by atoms with van der Waals surface area (Å²) in [4.78, 5) is 16.8. The molecule has 5 nitrogen and oxygen atoms in total. The first-order chi connectivity index (χ1) is 13.2. The molecule has 3 rings (SSSR count). The number of rotatable bonds is 7. The van der Waals surface area contributed by atoms with E-state index < -0.39 is 0 Å². The Balaban J connectivity index is 1.39. The Morgan fingerprint density at radius 3 is 2.74 bits per heavy atom. The van der Waals surface area contributed by atoms with Crippen LogP contribution in [0.5, 0.6) is 5.75 Å². The highest BCUT2D eigenvalue weighted by Crippen LogP contribution is 2.22. The molecule has 2 saturated heterocycles. The summed E-state index contributed by atoms with van der Waals surface area (Å²) in [6.07, 6.45) is 8.57. The monoisotopic (exact) mass is 372 g/mol. The molecule has 5 heteroatoms. The van der Waals surface area contributed by atoms with Crippen molar-refractivity contribution >= 4 is 12.0 Å². The minimum atomic E-state index is 0.301. The number of piperidine rings is 1. The van der Waals surface area contributed by atoms with Crippen molar-refractivity contribution in [3.63, 3.8) is 0 Å². The Morgan fingerprint density at radius 1 is 1.22 bits per heavy atom. The van der Waals surface area contributed by atoms with E-state index in [1.54, 1.807) is 7.11 Å². The van der Waals surface area contributed by atoms with E-state index in [-0.39, 0.29) is 0 Å². The standard InChI is InChI=1S/C22H32N2O3/c1-26-21-9-6-19(7-10-21)4-2-12-23-13-3-5-20(18-23)8-11-22(25)24-14-16-27-17-15-24/h2,4,6-7,9-10,20H,3,5,8,11-18H2,1H3/b4-2+. The van der Waals surface area contributed by atoms with Crippen LogP contribution in [-0.4, -0.2) is 68.8 Å². The second-order valence-electron chi connectivity index (χ2n) is 7.48. The lowest BCUT2D eigenvalue weighted by molar-refractivity contribution is -0.135. The third-order valence-electron chi connectivity index (χ3n) is 5.52. The molecule has 27 heavy (non-hydrogen) atoms. The number of hydrogen-bond donors (Lipinski definition) is 0. The molecule has 1 aromatic rings. The van der Waals surface area contributed by atoms with Gasteiger partial charge in [0.25, 0.3) is 0 Å². The molecule has 0 aliphatic carbocycles. The first-order valence-electron chi connectivity index (χ1n) is 10.1. The molecule has 148 valence electrons. The van der Waals surface area contributed by atoms with E-state index in [2.05, 4.69) is 29.2 Å². The van der Waals surface area contributed by atoms with Gasteiger partial charge < -0.3 is 14.4 Å². The molecule has 1 atom stereocenters. The van der Waals surface area contributed by atoms with Crippen LogP contribution in [0.4, 0.5) is 0 Å². The van der Waals surface area contributed by atoms with Crippen molar-refractivity contribution < 1.29 is 14.3 Å². The lowest BCUT2D eigenvalue weighted by Crippen LogP contribution is -2.41. The smallest absolute Gasteiger partial charge is 0.222 e. The second kappa shape index (κ2) is 10.5. The molecule has 0 aromatic heterocycles. The van der Waals surface area contributed by atoms with E-state index in [9.17, 15) is 4.79 Å². The van der Waals surface area contributed by atoms with Gasteiger partial charge in [-0.2, -0.15) is 0 Å². The van der Waals surface area contributed by atoms with Gasteiger partial charge in [0.05, 0.1) is 20.3 Å². The van der Waals surface area contributed by atoms with Gasteiger partial charge >= 0.3 is 0 Å². The SMILES string of the molecule is COc1ccc(/C=C/CN2CCCC(CCC(=O)N3CCOCC3)C2)cc1. The highest BCUT2D eigenvalue weighted by atomic mass is 16.5. The fourth-order valence-electron chi connectivity index (χ4n) is 3.90. The number of ether oxygens (including phenoxy) is 2.